The van der Waals surface area contributed by atoms with Crippen LogP contribution in [0, 0.1) is 11.8 Å². The number of carbonyl (C=O) groups is 4. The number of unbranched alkanes of at least 4 members (excludes halogenated alkanes) is 55. The Morgan fingerprint density at radius 1 is 0.274 bits per heavy atom. The van der Waals surface area contributed by atoms with Gasteiger partial charge in [-0.25, -0.2) is 9.13 Å². The zero-order chi connectivity index (χ0) is 77.8. The summed E-state index contributed by atoms with van der Waals surface area (Å²) < 4.78 is 68.8. The summed E-state index contributed by atoms with van der Waals surface area (Å²) in [4.78, 5) is 73.2. The van der Waals surface area contributed by atoms with Gasteiger partial charge in [-0.3, -0.25) is 37.3 Å². The zero-order valence-corrected chi connectivity index (χ0v) is 71.5. The van der Waals surface area contributed by atoms with Crippen LogP contribution in [0.1, 0.15) is 465 Å². The van der Waals surface area contributed by atoms with Crippen LogP contribution < -0.4 is 0 Å². The third-order valence-electron chi connectivity index (χ3n) is 20.8. The van der Waals surface area contributed by atoms with Gasteiger partial charge in [-0.2, -0.15) is 0 Å². The van der Waals surface area contributed by atoms with Crippen molar-refractivity contribution in [2.45, 2.75) is 484 Å². The van der Waals surface area contributed by atoms with E-state index in [0.717, 1.165) is 102 Å². The van der Waals surface area contributed by atoms with E-state index in [9.17, 15) is 43.2 Å². The first-order chi connectivity index (χ1) is 51.4. The predicted molar refractivity (Wildman–Crippen MR) is 437 cm³/mol. The SMILES string of the molecule is CCCCCCCCCCCCCCCCCCCCCCCCC(=O)O[C@H](COC(=O)CCCCCCCCCCCCCCCCCCCCC(C)C)COP(=O)(O)OC[C@@H](O)COP(=O)(O)OC[C@@H](COC(=O)CCCCCCCCCCC)OC(=O)CCCCCCCCCCCCC(C)CC. The molecule has 0 aromatic carbocycles. The van der Waals surface area contributed by atoms with E-state index in [1.165, 1.54) is 283 Å². The number of carbonyl (C=O) groups excluding carboxylic acids is 4. The fourth-order valence-corrected chi connectivity index (χ4v) is 15.1. The topological polar surface area (TPSA) is 237 Å². The maximum atomic E-state index is 13.2. The van der Waals surface area contributed by atoms with Gasteiger partial charge in [0, 0.05) is 25.7 Å². The second-order valence-electron chi connectivity index (χ2n) is 32.0. The molecule has 6 atom stereocenters. The van der Waals surface area contributed by atoms with Gasteiger partial charge in [-0.05, 0) is 37.5 Å². The number of phosphoric ester groups is 2. The van der Waals surface area contributed by atoms with E-state index in [2.05, 4.69) is 41.5 Å². The van der Waals surface area contributed by atoms with Crippen molar-refractivity contribution in [1.82, 2.24) is 0 Å². The van der Waals surface area contributed by atoms with Crippen molar-refractivity contribution in [2.75, 3.05) is 39.6 Å². The highest BCUT2D eigenvalue weighted by Gasteiger charge is 2.30. The van der Waals surface area contributed by atoms with Gasteiger partial charge in [-0.1, -0.05) is 414 Å². The highest BCUT2D eigenvalue weighted by atomic mass is 31.2. The van der Waals surface area contributed by atoms with Gasteiger partial charge in [-0.15, -0.1) is 0 Å². The number of hydrogen-bond donors (Lipinski definition) is 3. The molecule has 630 valence electrons. The number of esters is 4. The highest BCUT2D eigenvalue weighted by molar-refractivity contribution is 7.47. The Kier molecular flexibility index (Phi) is 76.9. The lowest BCUT2D eigenvalue weighted by Crippen LogP contribution is -2.30. The summed E-state index contributed by atoms with van der Waals surface area (Å²) >= 11 is 0. The Morgan fingerprint density at radius 2 is 0.481 bits per heavy atom. The molecule has 0 saturated heterocycles. The molecule has 0 saturated carbocycles. The van der Waals surface area contributed by atoms with Crippen LogP contribution in [0.5, 0.6) is 0 Å². The van der Waals surface area contributed by atoms with Crippen molar-refractivity contribution in [3.05, 3.63) is 0 Å². The molecule has 0 aromatic heterocycles. The maximum Gasteiger partial charge on any atom is 0.472 e. The molecule has 0 aliphatic carbocycles. The minimum atomic E-state index is -4.97. The Morgan fingerprint density at radius 3 is 0.717 bits per heavy atom. The molecule has 0 fully saturated rings. The predicted octanol–water partition coefficient (Wildman–Crippen LogP) is 26.6. The zero-order valence-electron chi connectivity index (χ0n) is 69.7. The van der Waals surface area contributed by atoms with Crippen molar-refractivity contribution in [3.63, 3.8) is 0 Å². The molecule has 0 radical (unpaired) electrons. The van der Waals surface area contributed by atoms with Crippen LogP contribution in [0.2, 0.25) is 0 Å². The summed E-state index contributed by atoms with van der Waals surface area (Å²) in [6.07, 6.45) is 71.0. The third-order valence-corrected chi connectivity index (χ3v) is 22.7. The van der Waals surface area contributed by atoms with E-state index in [1.54, 1.807) is 0 Å². The normalized spacial score (nSPS) is 14.1. The van der Waals surface area contributed by atoms with Gasteiger partial charge >= 0.3 is 39.5 Å². The average molecular weight is 1550 g/mol. The maximum absolute atomic E-state index is 13.2. The fraction of sp³-hybridized carbons (Fsp3) is 0.954. The van der Waals surface area contributed by atoms with E-state index in [1.807, 2.05) is 0 Å². The molecular formula is C87H170O17P2. The van der Waals surface area contributed by atoms with Crippen molar-refractivity contribution >= 4 is 39.5 Å². The van der Waals surface area contributed by atoms with Crippen LogP contribution in [0.25, 0.3) is 0 Å². The van der Waals surface area contributed by atoms with Crippen molar-refractivity contribution in [2.24, 2.45) is 11.8 Å². The van der Waals surface area contributed by atoms with Gasteiger partial charge in [0.25, 0.3) is 0 Å². The van der Waals surface area contributed by atoms with Crippen molar-refractivity contribution < 1.29 is 80.2 Å². The molecule has 17 nitrogen and oxygen atoms in total. The lowest BCUT2D eigenvalue weighted by molar-refractivity contribution is -0.161. The van der Waals surface area contributed by atoms with Crippen LogP contribution in [0.3, 0.4) is 0 Å². The Balaban J connectivity index is 5.19. The summed E-state index contributed by atoms with van der Waals surface area (Å²) in [5, 5.41) is 10.7. The summed E-state index contributed by atoms with van der Waals surface area (Å²) in [6, 6.07) is 0. The molecule has 0 amide bonds. The molecule has 106 heavy (non-hydrogen) atoms. The monoisotopic (exact) mass is 1550 g/mol. The molecule has 3 unspecified atom stereocenters. The van der Waals surface area contributed by atoms with E-state index in [-0.39, 0.29) is 25.7 Å². The van der Waals surface area contributed by atoms with Crippen LogP contribution in [-0.2, 0) is 65.4 Å². The van der Waals surface area contributed by atoms with Crippen LogP contribution >= 0.6 is 15.6 Å². The molecule has 0 aliphatic rings. The molecule has 19 heteroatoms. The molecule has 0 bridgehead atoms. The molecule has 0 rings (SSSR count). The number of hydrogen-bond acceptors (Lipinski definition) is 15. The second-order valence-corrected chi connectivity index (χ2v) is 34.9. The van der Waals surface area contributed by atoms with Gasteiger partial charge in [0.1, 0.15) is 19.3 Å². The van der Waals surface area contributed by atoms with Crippen molar-refractivity contribution in [1.29, 1.82) is 0 Å². The lowest BCUT2D eigenvalue weighted by atomic mass is 9.99. The number of ether oxygens (including phenoxy) is 4. The number of aliphatic hydroxyl groups is 1. The smallest absolute Gasteiger partial charge is 0.462 e. The van der Waals surface area contributed by atoms with Crippen LogP contribution in [0.15, 0.2) is 0 Å². The lowest BCUT2D eigenvalue weighted by Gasteiger charge is -2.21. The van der Waals surface area contributed by atoms with Gasteiger partial charge in [0.2, 0.25) is 0 Å². The van der Waals surface area contributed by atoms with E-state index >= 15 is 0 Å². The standard InChI is InChI=1S/C87H170O17P2/c1-7-10-12-14-16-18-19-20-21-22-23-24-25-26-31-34-37-40-47-53-59-65-71-86(91)103-83(76-98-85(90)70-64-58-52-46-39-36-33-30-28-27-29-32-35-38-44-49-55-61-67-79(4)5)78-102-106(95,96)100-74-81(88)73-99-105(93,94)101-77-82(75-97-84(89)69-63-57-51-43-17-15-13-11-8-2)104-87(92)72-66-60-54-48-42-41-45-50-56-62-68-80(6)9-3/h79-83,88H,7-78H2,1-6H3,(H,93,94)(H,95,96)/t80?,81-,82+,83+/m0/s1. The summed E-state index contributed by atoms with van der Waals surface area (Å²) in [5.41, 5.74) is 0. The minimum absolute atomic E-state index is 0.107. The third kappa shape index (κ3) is 78.7. The van der Waals surface area contributed by atoms with Gasteiger partial charge in [0.15, 0.2) is 12.2 Å². The molecule has 0 aliphatic heterocycles. The minimum Gasteiger partial charge on any atom is -0.462 e. The molecule has 0 aromatic rings. The average Bonchev–Trinajstić information content (AvgIpc) is 0.904. The largest absolute Gasteiger partial charge is 0.472 e. The Hall–Kier alpha value is -1.94. The summed E-state index contributed by atoms with van der Waals surface area (Å²) in [6.45, 7) is 9.71. The molecule has 0 spiro atoms. The van der Waals surface area contributed by atoms with Crippen LogP contribution in [0.4, 0.5) is 0 Å². The van der Waals surface area contributed by atoms with E-state index < -0.39 is 97.5 Å². The second kappa shape index (κ2) is 78.3. The number of aliphatic hydroxyl groups excluding tert-OH is 1. The first-order valence-corrected chi connectivity index (χ1v) is 48.0. The number of phosphoric acid groups is 2. The Bertz CT molecular complexity index is 2030. The van der Waals surface area contributed by atoms with E-state index in [0.29, 0.717) is 25.7 Å². The fourth-order valence-electron chi connectivity index (χ4n) is 13.6. The quantitative estimate of drug-likeness (QED) is 0.0222. The summed E-state index contributed by atoms with van der Waals surface area (Å²) in [7, 11) is -9.93. The molecule has 3 N–H and O–H groups in total. The number of rotatable bonds is 86. The highest BCUT2D eigenvalue weighted by Crippen LogP contribution is 2.45. The van der Waals surface area contributed by atoms with Crippen molar-refractivity contribution in [3.8, 4) is 0 Å². The van der Waals surface area contributed by atoms with Gasteiger partial charge in [0.05, 0.1) is 26.4 Å². The first kappa shape index (κ1) is 104. The molecular weight excluding hydrogens is 1380 g/mol. The first-order valence-electron chi connectivity index (χ1n) is 45.0. The van der Waals surface area contributed by atoms with Crippen LogP contribution in [-0.4, -0.2) is 96.7 Å². The summed E-state index contributed by atoms with van der Waals surface area (Å²) in [5.74, 6) is -0.478. The van der Waals surface area contributed by atoms with Gasteiger partial charge < -0.3 is 33.8 Å². The Labute approximate surface area is 651 Å². The molecule has 0 heterocycles. The van der Waals surface area contributed by atoms with E-state index in [4.69, 9.17) is 37.0 Å².